The smallest absolute Gasteiger partial charge is 0.147 e. The molecule has 4 heteroatoms. The van der Waals surface area contributed by atoms with Gasteiger partial charge >= 0.3 is 0 Å². The number of nitrogens with zero attached hydrogens (tertiary/aromatic N) is 1. The zero-order valence-corrected chi connectivity index (χ0v) is 10.9. The van der Waals surface area contributed by atoms with Gasteiger partial charge in [-0.1, -0.05) is 6.07 Å². The van der Waals surface area contributed by atoms with Crippen molar-refractivity contribution >= 4 is 21.6 Å². The number of halogens is 2. The zero-order valence-electron chi connectivity index (χ0n) is 9.34. The molecular weight excluding hydrogens is 271 g/mol. The van der Waals surface area contributed by atoms with E-state index in [-0.39, 0.29) is 5.82 Å². The van der Waals surface area contributed by atoms with E-state index in [1.807, 2.05) is 13.1 Å². The molecule has 0 saturated carbocycles. The molecule has 1 aliphatic heterocycles. The third-order valence-electron chi connectivity index (χ3n) is 3.08. The lowest BCUT2D eigenvalue weighted by atomic mass is 10.1. The van der Waals surface area contributed by atoms with Crippen LogP contribution >= 0.6 is 15.9 Å². The number of hydrogen-bond acceptors (Lipinski definition) is 2. The van der Waals surface area contributed by atoms with Crippen molar-refractivity contribution in [1.29, 1.82) is 0 Å². The lowest BCUT2D eigenvalue weighted by Gasteiger charge is -2.34. The number of para-hydroxylation sites is 1. The average molecular weight is 287 g/mol. The Morgan fingerprint density at radius 3 is 3.00 bits per heavy atom. The monoisotopic (exact) mass is 286 g/mol. The third kappa shape index (κ3) is 2.38. The zero-order chi connectivity index (χ0) is 11.5. The molecule has 1 aromatic carbocycles. The maximum atomic E-state index is 13.8. The summed E-state index contributed by atoms with van der Waals surface area (Å²) in [4.78, 5) is 2.12. The number of rotatable bonds is 2. The molecule has 2 nitrogen and oxygen atoms in total. The standard InChI is InChI=1S/C12H16BrFN2/c1-15-9-4-3-7-16(8-9)12-10(13)5-2-6-11(12)14/h2,5-6,9,15H,3-4,7-8H2,1H3. The highest BCUT2D eigenvalue weighted by atomic mass is 79.9. The second kappa shape index (κ2) is 5.15. The summed E-state index contributed by atoms with van der Waals surface area (Å²) < 4.78 is 14.6. The van der Waals surface area contributed by atoms with Crippen molar-refractivity contribution in [2.75, 3.05) is 25.0 Å². The largest absolute Gasteiger partial charge is 0.367 e. The van der Waals surface area contributed by atoms with Crippen LogP contribution in [0.25, 0.3) is 0 Å². The molecule has 1 heterocycles. The summed E-state index contributed by atoms with van der Waals surface area (Å²) in [6.45, 7) is 1.80. The van der Waals surface area contributed by atoms with Crippen LogP contribution < -0.4 is 10.2 Å². The van der Waals surface area contributed by atoms with Crippen molar-refractivity contribution in [3.05, 3.63) is 28.5 Å². The highest BCUT2D eigenvalue weighted by molar-refractivity contribution is 9.10. The van der Waals surface area contributed by atoms with E-state index in [0.29, 0.717) is 11.7 Å². The minimum Gasteiger partial charge on any atom is -0.367 e. The summed E-state index contributed by atoms with van der Waals surface area (Å²) in [5, 5.41) is 3.26. The van der Waals surface area contributed by atoms with E-state index in [1.165, 1.54) is 12.5 Å². The van der Waals surface area contributed by atoms with Gasteiger partial charge in [-0.2, -0.15) is 0 Å². The number of benzene rings is 1. The van der Waals surface area contributed by atoms with Crippen molar-refractivity contribution in [2.45, 2.75) is 18.9 Å². The van der Waals surface area contributed by atoms with Crippen LogP contribution in [-0.4, -0.2) is 26.2 Å². The highest BCUT2D eigenvalue weighted by Crippen LogP contribution is 2.31. The molecule has 1 N–H and O–H groups in total. The minimum atomic E-state index is -0.147. The molecule has 2 rings (SSSR count). The number of nitrogens with one attached hydrogen (secondary N) is 1. The van der Waals surface area contributed by atoms with Gasteiger partial charge in [0.05, 0.1) is 5.69 Å². The van der Waals surface area contributed by atoms with Gasteiger partial charge in [0.1, 0.15) is 5.82 Å². The molecular formula is C12H16BrFN2. The number of piperidine rings is 1. The van der Waals surface area contributed by atoms with Gasteiger partial charge < -0.3 is 10.2 Å². The van der Waals surface area contributed by atoms with Crippen molar-refractivity contribution < 1.29 is 4.39 Å². The van der Waals surface area contributed by atoms with Crippen LogP contribution in [0.4, 0.5) is 10.1 Å². The van der Waals surface area contributed by atoms with Crippen molar-refractivity contribution in [3.63, 3.8) is 0 Å². The molecule has 0 amide bonds. The first kappa shape index (κ1) is 11.9. The maximum absolute atomic E-state index is 13.8. The quantitative estimate of drug-likeness (QED) is 0.899. The first-order valence-corrected chi connectivity index (χ1v) is 6.38. The molecule has 1 aliphatic rings. The Morgan fingerprint density at radius 2 is 2.31 bits per heavy atom. The summed E-state index contributed by atoms with van der Waals surface area (Å²) in [7, 11) is 1.96. The van der Waals surface area contributed by atoms with Crippen LogP contribution in [0, 0.1) is 5.82 Å². The fourth-order valence-corrected chi connectivity index (χ4v) is 2.80. The summed E-state index contributed by atoms with van der Waals surface area (Å²) in [5.74, 6) is -0.147. The second-order valence-electron chi connectivity index (χ2n) is 4.14. The van der Waals surface area contributed by atoms with Gasteiger partial charge in [0.25, 0.3) is 0 Å². The highest BCUT2D eigenvalue weighted by Gasteiger charge is 2.22. The van der Waals surface area contributed by atoms with Crippen LogP contribution in [0.1, 0.15) is 12.8 Å². The molecule has 0 aliphatic carbocycles. The molecule has 1 saturated heterocycles. The van der Waals surface area contributed by atoms with Gasteiger partial charge in [-0.25, -0.2) is 4.39 Å². The van der Waals surface area contributed by atoms with Crippen LogP contribution in [-0.2, 0) is 0 Å². The summed E-state index contributed by atoms with van der Waals surface area (Å²) in [6.07, 6.45) is 2.27. The lowest BCUT2D eigenvalue weighted by Crippen LogP contribution is -2.44. The van der Waals surface area contributed by atoms with Crippen molar-refractivity contribution in [2.24, 2.45) is 0 Å². The Bertz CT molecular complexity index is 350. The summed E-state index contributed by atoms with van der Waals surface area (Å²) in [6, 6.07) is 5.59. The third-order valence-corrected chi connectivity index (χ3v) is 3.72. The molecule has 0 spiro atoms. The molecule has 0 radical (unpaired) electrons. The number of anilines is 1. The molecule has 16 heavy (non-hydrogen) atoms. The minimum absolute atomic E-state index is 0.147. The Morgan fingerprint density at radius 1 is 1.50 bits per heavy atom. The van der Waals surface area contributed by atoms with Crippen LogP contribution in [0.3, 0.4) is 0 Å². The van der Waals surface area contributed by atoms with Crippen LogP contribution in [0.5, 0.6) is 0 Å². The molecule has 1 fully saturated rings. The van der Waals surface area contributed by atoms with E-state index < -0.39 is 0 Å². The van der Waals surface area contributed by atoms with E-state index in [2.05, 4.69) is 26.1 Å². The van der Waals surface area contributed by atoms with E-state index in [1.54, 1.807) is 6.07 Å². The van der Waals surface area contributed by atoms with E-state index in [4.69, 9.17) is 0 Å². The van der Waals surface area contributed by atoms with Gasteiger partial charge in [0.2, 0.25) is 0 Å². The molecule has 1 atom stereocenters. The van der Waals surface area contributed by atoms with E-state index >= 15 is 0 Å². The first-order chi connectivity index (χ1) is 7.72. The average Bonchev–Trinajstić information content (AvgIpc) is 2.29. The lowest BCUT2D eigenvalue weighted by molar-refractivity contribution is 0.445. The molecule has 1 aromatic rings. The van der Waals surface area contributed by atoms with Gasteiger partial charge in [-0.15, -0.1) is 0 Å². The van der Waals surface area contributed by atoms with Gasteiger partial charge in [0, 0.05) is 23.6 Å². The number of likely N-dealkylation sites (N-methyl/N-ethyl adjacent to an activating group) is 1. The molecule has 0 bridgehead atoms. The predicted molar refractivity (Wildman–Crippen MR) is 68.4 cm³/mol. The summed E-state index contributed by atoms with van der Waals surface area (Å²) >= 11 is 3.42. The van der Waals surface area contributed by atoms with Crippen LogP contribution in [0.2, 0.25) is 0 Å². The Kier molecular flexibility index (Phi) is 3.82. The molecule has 88 valence electrons. The topological polar surface area (TPSA) is 15.3 Å². The molecule has 0 aromatic heterocycles. The SMILES string of the molecule is CNC1CCCN(c2c(F)cccc2Br)C1. The van der Waals surface area contributed by atoms with E-state index in [0.717, 1.165) is 24.0 Å². The maximum Gasteiger partial charge on any atom is 0.147 e. The Hall–Kier alpha value is -0.610. The Labute approximate surface area is 104 Å². The Balaban J connectivity index is 2.23. The summed E-state index contributed by atoms with van der Waals surface area (Å²) in [5.41, 5.74) is 0.697. The van der Waals surface area contributed by atoms with Crippen molar-refractivity contribution in [3.8, 4) is 0 Å². The fraction of sp³-hybridized carbons (Fsp3) is 0.500. The van der Waals surface area contributed by atoms with Crippen molar-refractivity contribution in [1.82, 2.24) is 5.32 Å². The second-order valence-corrected chi connectivity index (χ2v) is 5.00. The van der Waals surface area contributed by atoms with Gasteiger partial charge in [0.15, 0.2) is 0 Å². The fourth-order valence-electron chi connectivity index (χ4n) is 2.21. The van der Waals surface area contributed by atoms with Gasteiger partial charge in [-0.05, 0) is 48.0 Å². The molecule has 1 unspecified atom stereocenters. The normalized spacial score (nSPS) is 21.2. The van der Waals surface area contributed by atoms with Gasteiger partial charge in [-0.3, -0.25) is 0 Å². The van der Waals surface area contributed by atoms with Crippen LogP contribution in [0.15, 0.2) is 22.7 Å². The first-order valence-electron chi connectivity index (χ1n) is 5.58. The predicted octanol–water partition coefficient (Wildman–Crippen LogP) is 2.78. The van der Waals surface area contributed by atoms with E-state index in [9.17, 15) is 4.39 Å². The number of hydrogen-bond donors (Lipinski definition) is 1.